The third-order valence-electron chi connectivity index (χ3n) is 5.53. The van der Waals surface area contributed by atoms with Gasteiger partial charge < -0.3 is 9.30 Å². The fraction of sp³-hybridized carbons (Fsp3) is 0.0800. The molecule has 0 radical (unpaired) electrons. The molecule has 0 saturated carbocycles. The van der Waals surface area contributed by atoms with E-state index in [1.807, 2.05) is 36.5 Å². The van der Waals surface area contributed by atoms with Crippen molar-refractivity contribution in [3.8, 4) is 5.75 Å². The van der Waals surface area contributed by atoms with Gasteiger partial charge in [-0.1, -0.05) is 36.4 Å². The number of amides is 2. The molecular formula is C25H19N3O3S. The molecule has 1 fully saturated rings. The molecule has 0 bridgehead atoms. The van der Waals surface area contributed by atoms with Crippen molar-refractivity contribution in [2.45, 2.75) is 6.54 Å². The van der Waals surface area contributed by atoms with E-state index < -0.39 is 11.8 Å². The first-order valence-corrected chi connectivity index (χ1v) is 10.5. The number of hydrogen-bond donors (Lipinski definition) is 2. The van der Waals surface area contributed by atoms with Crippen molar-refractivity contribution in [3.05, 3.63) is 83.6 Å². The molecule has 32 heavy (non-hydrogen) atoms. The maximum atomic E-state index is 12.3. The van der Waals surface area contributed by atoms with Crippen molar-refractivity contribution in [1.29, 1.82) is 0 Å². The minimum Gasteiger partial charge on any atom is -0.497 e. The number of aromatic nitrogens is 1. The van der Waals surface area contributed by atoms with Gasteiger partial charge in [0.25, 0.3) is 11.8 Å². The first kappa shape index (κ1) is 20.0. The highest BCUT2D eigenvalue weighted by molar-refractivity contribution is 7.80. The number of hydrogen-bond acceptors (Lipinski definition) is 4. The SMILES string of the molecule is COc1ccc2c(c1)c(C=C1C(=O)NC(=S)NC1=O)cn2Cc1ccc2ccccc2c1. The highest BCUT2D eigenvalue weighted by atomic mass is 32.1. The first-order valence-electron chi connectivity index (χ1n) is 10.0. The molecule has 2 N–H and O–H groups in total. The van der Waals surface area contributed by atoms with E-state index in [0.717, 1.165) is 22.0 Å². The lowest BCUT2D eigenvalue weighted by Gasteiger charge is -2.16. The molecule has 2 amide bonds. The van der Waals surface area contributed by atoms with Crippen LogP contribution in [0.5, 0.6) is 5.75 Å². The summed E-state index contributed by atoms with van der Waals surface area (Å²) in [6, 6.07) is 20.4. The Morgan fingerprint density at radius 1 is 0.969 bits per heavy atom. The van der Waals surface area contributed by atoms with Crippen LogP contribution in [0.2, 0.25) is 0 Å². The van der Waals surface area contributed by atoms with Gasteiger partial charge in [-0.2, -0.15) is 0 Å². The lowest BCUT2D eigenvalue weighted by molar-refractivity contribution is -0.123. The number of carbonyl (C=O) groups excluding carboxylic acids is 2. The number of thiocarbonyl (C=S) groups is 1. The van der Waals surface area contributed by atoms with Gasteiger partial charge in [-0.15, -0.1) is 0 Å². The third-order valence-corrected chi connectivity index (χ3v) is 5.73. The molecule has 0 atom stereocenters. The van der Waals surface area contributed by atoms with E-state index in [0.29, 0.717) is 12.3 Å². The maximum Gasteiger partial charge on any atom is 0.263 e. The zero-order chi connectivity index (χ0) is 22.2. The summed E-state index contributed by atoms with van der Waals surface area (Å²) in [5.41, 5.74) is 2.87. The lowest BCUT2D eigenvalue weighted by atomic mass is 10.1. The van der Waals surface area contributed by atoms with Crippen LogP contribution in [0.15, 0.2) is 72.4 Å². The zero-order valence-corrected chi connectivity index (χ0v) is 18.0. The van der Waals surface area contributed by atoms with Crippen LogP contribution in [0.1, 0.15) is 11.1 Å². The number of fused-ring (bicyclic) bond motifs is 2. The Kier molecular flexibility index (Phi) is 4.95. The standard InChI is InChI=1S/C25H19N3O3S/c1-31-19-8-9-22-20(12-19)18(11-21-23(29)26-25(32)27-24(21)30)14-28(22)13-15-6-7-16-4-2-3-5-17(16)10-15/h2-12,14H,13H2,1H3,(H2,26,27,29,30,32). The second-order valence-electron chi connectivity index (χ2n) is 7.57. The number of nitrogens with zero attached hydrogens (tertiary/aromatic N) is 1. The van der Waals surface area contributed by atoms with Crippen LogP contribution >= 0.6 is 12.2 Å². The molecule has 2 heterocycles. The van der Waals surface area contributed by atoms with Crippen LogP contribution in [0.25, 0.3) is 27.8 Å². The van der Waals surface area contributed by atoms with Crippen molar-refractivity contribution in [1.82, 2.24) is 15.2 Å². The molecule has 1 aromatic heterocycles. The summed E-state index contributed by atoms with van der Waals surface area (Å²) in [4.78, 5) is 24.7. The second kappa shape index (κ2) is 7.94. The Morgan fingerprint density at radius 3 is 2.47 bits per heavy atom. The predicted octanol–water partition coefficient (Wildman–Crippen LogP) is 3.77. The van der Waals surface area contributed by atoms with Crippen molar-refractivity contribution < 1.29 is 14.3 Å². The Balaban J connectivity index is 1.60. The van der Waals surface area contributed by atoms with Crippen LogP contribution < -0.4 is 15.4 Å². The number of methoxy groups -OCH3 is 1. The summed E-state index contributed by atoms with van der Waals surface area (Å²) >= 11 is 4.89. The van der Waals surface area contributed by atoms with E-state index in [4.69, 9.17) is 17.0 Å². The third kappa shape index (κ3) is 3.63. The van der Waals surface area contributed by atoms with Gasteiger partial charge >= 0.3 is 0 Å². The number of rotatable bonds is 4. The normalized spacial score (nSPS) is 13.9. The highest BCUT2D eigenvalue weighted by Gasteiger charge is 2.26. The maximum absolute atomic E-state index is 12.3. The molecular weight excluding hydrogens is 422 g/mol. The lowest BCUT2D eigenvalue weighted by Crippen LogP contribution is -2.51. The van der Waals surface area contributed by atoms with Gasteiger partial charge in [-0.3, -0.25) is 20.2 Å². The predicted molar refractivity (Wildman–Crippen MR) is 128 cm³/mol. The Bertz CT molecular complexity index is 1430. The van der Waals surface area contributed by atoms with E-state index in [2.05, 4.69) is 45.5 Å². The topological polar surface area (TPSA) is 72.4 Å². The van der Waals surface area contributed by atoms with Gasteiger partial charge in [-0.05, 0) is 58.9 Å². The molecule has 158 valence electrons. The molecule has 6 nitrogen and oxygen atoms in total. The zero-order valence-electron chi connectivity index (χ0n) is 17.2. The van der Waals surface area contributed by atoms with E-state index in [1.165, 1.54) is 10.8 Å². The van der Waals surface area contributed by atoms with Crippen LogP contribution in [0.3, 0.4) is 0 Å². The molecule has 3 aromatic carbocycles. The van der Waals surface area contributed by atoms with Crippen molar-refractivity contribution >= 4 is 56.9 Å². The van der Waals surface area contributed by atoms with E-state index >= 15 is 0 Å². The molecule has 1 saturated heterocycles. The fourth-order valence-corrected chi connectivity index (χ4v) is 4.16. The molecule has 1 aliphatic rings. The summed E-state index contributed by atoms with van der Waals surface area (Å²) in [7, 11) is 1.61. The molecule has 0 aliphatic carbocycles. The van der Waals surface area contributed by atoms with Crippen LogP contribution in [0.4, 0.5) is 0 Å². The fourth-order valence-electron chi connectivity index (χ4n) is 3.97. The summed E-state index contributed by atoms with van der Waals surface area (Å²) in [6.07, 6.45) is 3.53. The van der Waals surface area contributed by atoms with Gasteiger partial charge in [0.1, 0.15) is 11.3 Å². The Hall–Kier alpha value is -3.97. The first-order chi connectivity index (χ1) is 15.5. The van der Waals surface area contributed by atoms with E-state index in [1.54, 1.807) is 13.2 Å². The summed E-state index contributed by atoms with van der Waals surface area (Å²) in [6.45, 7) is 0.638. The molecule has 5 rings (SSSR count). The molecule has 4 aromatic rings. The highest BCUT2D eigenvalue weighted by Crippen LogP contribution is 2.29. The number of carbonyl (C=O) groups is 2. The number of benzene rings is 3. The van der Waals surface area contributed by atoms with E-state index in [-0.39, 0.29) is 10.7 Å². The van der Waals surface area contributed by atoms with Crippen LogP contribution in [-0.4, -0.2) is 28.6 Å². The molecule has 7 heteroatoms. The summed E-state index contributed by atoms with van der Waals surface area (Å²) < 4.78 is 7.50. The van der Waals surface area contributed by atoms with Gasteiger partial charge in [-0.25, -0.2) is 0 Å². The average Bonchev–Trinajstić information content (AvgIpc) is 3.12. The quantitative estimate of drug-likeness (QED) is 0.287. The van der Waals surface area contributed by atoms with E-state index in [9.17, 15) is 9.59 Å². The monoisotopic (exact) mass is 441 g/mol. The number of nitrogens with one attached hydrogen (secondary N) is 2. The second-order valence-corrected chi connectivity index (χ2v) is 7.98. The summed E-state index contributed by atoms with van der Waals surface area (Å²) in [5.74, 6) is -0.339. The van der Waals surface area contributed by atoms with Gasteiger partial charge in [0.15, 0.2) is 5.11 Å². The van der Waals surface area contributed by atoms with Crippen molar-refractivity contribution in [2.75, 3.05) is 7.11 Å². The van der Waals surface area contributed by atoms with Gasteiger partial charge in [0.2, 0.25) is 0 Å². The number of ether oxygens (including phenoxy) is 1. The van der Waals surface area contributed by atoms with Gasteiger partial charge in [0, 0.05) is 29.2 Å². The van der Waals surface area contributed by atoms with Crippen LogP contribution in [-0.2, 0) is 16.1 Å². The van der Waals surface area contributed by atoms with Crippen molar-refractivity contribution in [3.63, 3.8) is 0 Å². The Labute approximate surface area is 189 Å². The largest absolute Gasteiger partial charge is 0.497 e. The molecule has 1 aliphatic heterocycles. The minimum absolute atomic E-state index is 0.00572. The Morgan fingerprint density at radius 2 is 1.72 bits per heavy atom. The molecule has 0 unspecified atom stereocenters. The van der Waals surface area contributed by atoms with Crippen molar-refractivity contribution in [2.24, 2.45) is 0 Å². The van der Waals surface area contributed by atoms with Crippen LogP contribution in [0, 0.1) is 0 Å². The minimum atomic E-state index is -0.517. The smallest absolute Gasteiger partial charge is 0.263 e. The molecule has 0 spiro atoms. The van der Waals surface area contributed by atoms with Gasteiger partial charge in [0.05, 0.1) is 7.11 Å². The average molecular weight is 442 g/mol. The summed E-state index contributed by atoms with van der Waals surface area (Å²) in [5, 5.41) is 8.21.